The van der Waals surface area contributed by atoms with E-state index in [0.717, 1.165) is 0 Å². The Morgan fingerprint density at radius 1 is 1.26 bits per heavy atom. The zero-order chi connectivity index (χ0) is 14.4. The van der Waals surface area contributed by atoms with Crippen LogP contribution in [0.4, 0.5) is 5.69 Å². The van der Waals surface area contributed by atoms with E-state index in [2.05, 4.69) is 13.8 Å². The highest BCUT2D eigenvalue weighted by Gasteiger charge is 2.36. The topological polar surface area (TPSA) is 63.4 Å². The van der Waals surface area contributed by atoms with Crippen LogP contribution in [-0.4, -0.2) is 25.8 Å². The van der Waals surface area contributed by atoms with Gasteiger partial charge in [0.05, 0.1) is 4.90 Å². The maximum absolute atomic E-state index is 12.7. The van der Waals surface area contributed by atoms with Gasteiger partial charge >= 0.3 is 0 Å². The number of hydrogen-bond donors (Lipinski definition) is 1. The van der Waals surface area contributed by atoms with Crippen LogP contribution in [0.5, 0.6) is 0 Å². The Bertz CT molecular complexity index is 591. The van der Waals surface area contributed by atoms with Crippen molar-refractivity contribution in [1.29, 1.82) is 0 Å². The second-order valence-electron chi connectivity index (χ2n) is 5.39. The fourth-order valence-electron chi connectivity index (χ4n) is 2.35. The zero-order valence-corrected chi connectivity index (χ0v) is 12.9. The third-order valence-corrected chi connectivity index (χ3v) is 6.11. The maximum Gasteiger partial charge on any atom is 0.243 e. The molecule has 2 atom stereocenters. The van der Waals surface area contributed by atoms with E-state index in [-0.39, 0.29) is 4.90 Å². The van der Waals surface area contributed by atoms with Gasteiger partial charge < -0.3 is 5.73 Å². The lowest BCUT2D eigenvalue weighted by molar-refractivity contribution is 0.463. The molecule has 0 spiro atoms. The Balaban J connectivity index is 2.46. The molecular formula is C13H19ClN2O2S. The number of anilines is 1. The molecule has 1 aromatic carbocycles. The molecule has 1 heterocycles. The van der Waals surface area contributed by atoms with Crippen LogP contribution in [0.3, 0.4) is 0 Å². The highest BCUT2D eigenvalue weighted by Crippen LogP contribution is 2.32. The fraction of sp³-hybridized carbons (Fsp3) is 0.538. The summed E-state index contributed by atoms with van der Waals surface area (Å²) < 4.78 is 26.9. The molecule has 19 heavy (non-hydrogen) atoms. The molecule has 2 unspecified atom stereocenters. The summed E-state index contributed by atoms with van der Waals surface area (Å²) in [4.78, 5) is 0.221. The highest BCUT2D eigenvalue weighted by molar-refractivity contribution is 7.89. The summed E-state index contributed by atoms with van der Waals surface area (Å²) in [7, 11) is -3.51. The van der Waals surface area contributed by atoms with Gasteiger partial charge in [-0.3, -0.25) is 0 Å². The molecule has 0 radical (unpaired) electrons. The predicted octanol–water partition coefficient (Wildman–Crippen LogP) is 2.51. The van der Waals surface area contributed by atoms with Crippen molar-refractivity contribution in [3.8, 4) is 0 Å². The number of benzene rings is 1. The Morgan fingerprint density at radius 3 is 2.32 bits per heavy atom. The molecule has 0 aliphatic carbocycles. The third kappa shape index (κ3) is 2.59. The largest absolute Gasteiger partial charge is 0.398 e. The van der Waals surface area contributed by atoms with Crippen molar-refractivity contribution in [2.45, 2.75) is 25.7 Å². The lowest BCUT2D eigenvalue weighted by Gasteiger charge is -2.18. The Labute approximate surface area is 119 Å². The van der Waals surface area contributed by atoms with Crippen LogP contribution in [0, 0.1) is 18.8 Å². The molecule has 2 rings (SSSR count). The molecule has 0 saturated carbocycles. The van der Waals surface area contributed by atoms with Gasteiger partial charge in [-0.05, 0) is 36.5 Å². The van der Waals surface area contributed by atoms with Crippen molar-refractivity contribution in [2.24, 2.45) is 11.8 Å². The molecule has 0 aromatic heterocycles. The van der Waals surface area contributed by atoms with Crippen LogP contribution >= 0.6 is 11.6 Å². The van der Waals surface area contributed by atoms with Gasteiger partial charge in [-0.2, -0.15) is 4.31 Å². The van der Waals surface area contributed by atoms with Gasteiger partial charge in [0, 0.05) is 23.8 Å². The number of nitrogen functional groups attached to an aromatic ring is 1. The summed E-state index contributed by atoms with van der Waals surface area (Å²) in [5.41, 5.74) is 6.78. The first-order chi connectivity index (χ1) is 8.73. The summed E-state index contributed by atoms with van der Waals surface area (Å²) in [5.74, 6) is 0.734. The van der Waals surface area contributed by atoms with E-state index in [1.54, 1.807) is 13.0 Å². The summed E-state index contributed by atoms with van der Waals surface area (Å²) in [5, 5.41) is 0.349. The normalized spacial score (nSPS) is 24.8. The standard InChI is InChI=1S/C13H19ClN2O2S/c1-8-6-16(7-9(8)2)19(17,18)13-5-11(14)4-12(15)10(13)3/h4-5,8-9H,6-7,15H2,1-3H3. The van der Waals surface area contributed by atoms with Crippen molar-refractivity contribution in [3.05, 3.63) is 22.7 Å². The maximum atomic E-state index is 12.7. The number of rotatable bonds is 2. The van der Waals surface area contributed by atoms with Crippen molar-refractivity contribution in [3.63, 3.8) is 0 Å². The summed E-state index contributed by atoms with van der Waals surface area (Å²) in [6, 6.07) is 3.06. The van der Waals surface area contributed by atoms with Gasteiger partial charge in [0.1, 0.15) is 0 Å². The molecule has 1 fully saturated rings. The summed E-state index contributed by atoms with van der Waals surface area (Å²) in [6.07, 6.45) is 0. The van der Waals surface area contributed by atoms with Crippen molar-refractivity contribution >= 4 is 27.3 Å². The summed E-state index contributed by atoms with van der Waals surface area (Å²) in [6.45, 7) is 6.95. The number of nitrogens with zero attached hydrogens (tertiary/aromatic N) is 1. The molecule has 0 bridgehead atoms. The molecule has 1 aromatic rings. The van der Waals surface area contributed by atoms with E-state index in [1.807, 2.05) is 0 Å². The van der Waals surface area contributed by atoms with Gasteiger partial charge in [0.25, 0.3) is 0 Å². The van der Waals surface area contributed by atoms with Crippen LogP contribution in [0.15, 0.2) is 17.0 Å². The minimum atomic E-state index is -3.51. The van der Waals surface area contributed by atoms with Crippen molar-refractivity contribution in [2.75, 3.05) is 18.8 Å². The Kier molecular flexibility index (Phi) is 3.82. The van der Waals surface area contributed by atoms with Crippen LogP contribution in [-0.2, 0) is 10.0 Å². The SMILES string of the molecule is Cc1c(N)cc(Cl)cc1S(=O)(=O)N1CC(C)C(C)C1. The lowest BCUT2D eigenvalue weighted by Crippen LogP contribution is -2.29. The van der Waals surface area contributed by atoms with Crippen LogP contribution < -0.4 is 5.73 Å². The molecule has 0 amide bonds. The Hall–Kier alpha value is -0.780. The van der Waals surface area contributed by atoms with Crippen LogP contribution in [0.25, 0.3) is 0 Å². The molecule has 1 aliphatic rings. The number of halogens is 1. The molecule has 1 saturated heterocycles. The molecule has 2 N–H and O–H groups in total. The van der Waals surface area contributed by atoms with Crippen molar-refractivity contribution < 1.29 is 8.42 Å². The molecule has 106 valence electrons. The average molecular weight is 303 g/mol. The van der Waals surface area contributed by atoms with E-state index >= 15 is 0 Å². The second kappa shape index (κ2) is 4.96. The van der Waals surface area contributed by atoms with Gasteiger partial charge in [0.15, 0.2) is 0 Å². The lowest BCUT2D eigenvalue weighted by atomic mass is 10.0. The van der Waals surface area contributed by atoms with Crippen LogP contribution in [0.2, 0.25) is 5.02 Å². The van der Waals surface area contributed by atoms with Gasteiger partial charge in [-0.15, -0.1) is 0 Å². The number of nitrogens with two attached hydrogens (primary N) is 1. The van der Waals surface area contributed by atoms with Gasteiger partial charge in [0.2, 0.25) is 10.0 Å². The van der Waals surface area contributed by atoms with Crippen LogP contribution in [0.1, 0.15) is 19.4 Å². The molecule has 6 heteroatoms. The minimum absolute atomic E-state index is 0.221. The van der Waals surface area contributed by atoms with Gasteiger partial charge in [-0.1, -0.05) is 25.4 Å². The second-order valence-corrected chi connectivity index (χ2v) is 7.74. The quantitative estimate of drug-likeness (QED) is 0.854. The molecule has 1 aliphatic heterocycles. The first kappa shape index (κ1) is 14.6. The van der Waals surface area contributed by atoms with E-state index < -0.39 is 10.0 Å². The van der Waals surface area contributed by atoms with Crippen molar-refractivity contribution in [1.82, 2.24) is 4.31 Å². The zero-order valence-electron chi connectivity index (χ0n) is 11.4. The summed E-state index contributed by atoms with van der Waals surface area (Å²) >= 11 is 5.93. The van der Waals surface area contributed by atoms with E-state index in [9.17, 15) is 8.42 Å². The fourth-order valence-corrected chi connectivity index (χ4v) is 4.57. The molecular weight excluding hydrogens is 284 g/mol. The van der Waals surface area contributed by atoms with E-state index in [0.29, 0.717) is 41.2 Å². The van der Waals surface area contributed by atoms with E-state index in [1.165, 1.54) is 10.4 Å². The predicted molar refractivity (Wildman–Crippen MR) is 77.7 cm³/mol. The first-order valence-corrected chi connectivity index (χ1v) is 8.11. The number of sulfonamides is 1. The minimum Gasteiger partial charge on any atom is -0.398 e. The molecule has 4 nitrogen and oxygen atoms in total. The smallest absolute Gasteiger partial charge is 0.243 e. The highest BCUT2D eigenvalue weighted by atomic mass is 35.5. The van der Waals surface area contributed by atoms with E-state index in [4.69, 9.17) is 17.3 Å². The monoisotopic (exact) mass is 302 g/mol. The third-order valence-electron chi connectivity index (χ3n) is 3.94. The average Bonchev–Trinajstić information content (AvgIpc) is 2.65. The number of hydrogen-bond acceptors (Lipinski definition) is 3. The Morgan fingerprint density at radius 2 is 1.79 bits per heavy atom. The first-order valence-electron chi connectivity index (χ1n) is 6.29. The van der Waals surface area contributed by atoms with Gasteiger partial charge in [-0.25, -0.2) is 8.42 Å².